The number of benzene rings is 1. The second kappa shape index (κ2) is 7.01. The van der Waals surface area contributed by atoms with Crippen LogP contribution in [0.5, 0.6) is 5.75 Å². The average Bonchev–Trinajstić information content (AvgIpc) is 2.40. The minimum atomic E-state index is 0.730. The monoisotopic (exact) mass is 267 g/mol. The number of ether oxygens (including phenoxy) is 1. The average molecular weight is 268 g/mol. The summed E-state index contributed by atoms with van der Waals surface area (Å²) in [5.74, 6) is 0.861. The third-order valence-electron chi connectivity index (χ3n) is 3.71. The molecule has 18 heavy (non-hydrogen) atoms. The Morgan fingerprint density at radius 2 is 2.06 bits per heavy atom. The van der Waals surface area contributed by atoms with Crippen LogP contribution in [0.2, 0.25) is 5.02 Å². The largest absolute Gasteiger partial charge is 0.492 e. The third kappa shape index (κ3) is 4.18. The van der Waals surface area contributed by atoms with Gasteiger partial charge in [-0.15, -0.1) is 0 Å². The maximum Gasteiger partial charge on any atom is 0.120 e. The molecule has 0 unspecified atom stereocenters. The van der Waals surface area contributed by atoms with Gasteiger partial charge in [-0.05, 0) is 38.1 Å². The van der Waals surface area contributed by atoms with E-state index in [9.17, 15) is 0 Å². The van der Waals surface area contributed by atoms with Crippen LogP contribution in [0.4, 0.5) is 0 Å². The highest BCUT2D eigenvalue weighted by Gasteiger charge is 2.17. The number of halogens is 1. The van der Waals surface area contributed by atoms with Crippen LogP contribution in [-0.4, -0.2) is 31.1 Å². The Balaban J connectivity index is 1.71. The van der Waals surface area contributed by atoms with E-state index < -0.39 is 0 Å². The van der Waals surface area contributed by atoms with Crippen LogP contribution < -0.4 is 4.74 Å². The lowest BCUT2D eigenvalue weighted by atomic mass is 9.94. The van der Waals surface area contributed by atoms with Crippen molar-refractivity contribution in [1.82, 2.24) is 4.90 Å². The molecule has 1 aromatic carbocycles. The van der Waals surface area contributed by atoms with Crippen molar-refractivity contribution in [3.8, 4) is 5.75 Å². The molecule has 3 heteroatoms. The van der Waals surface area contributed by atoms with Crippen molar-refractivity contribution >= 4 is 11.6 Å². The molecule has 1 saturated carbocycles. The van der Waals surface area contributed by atoms with E-state index in [2.05, 4.69) is 11.9 Å². The van der Waals surface area contributed by atoms with Crippen LogP contribution in [0.15, 0.2) is 24.3 Å². The van der Waals surface area contributed by atoms with Crippen molar-refractivity contribution in [1.29, 1.82) is 0 Å². The van der Waals surface area contributed by atoms with Gasteiger partial charge >= 0.3 is 0 Å². The Hall–Kier alpha value is -0.730. The Morgan fingerprint density at radius 3 is 2.78 bits per heavy atom. The van der Waals surface area contributed by atoms with E-state index >= 15 is 0 Å². The summed E-state index contributed by atoms with van der Waals surface area (Å²) in [4.78, 5) is 2.43. The van der Waals surface area contributed by atoms with Crippen LogP contribution in [0.25, 0.3) is 0 Å². The van der Waals surface area contributed by atoms with E-state index in [-0.39, 0.29) is 0 Å². The first-order valence-corrected chi connectivity index (χ1v) is 7.22. The molecule has 1 aliphatic carbocycles. The van der Waals surface area contributed by atoms with E-state index in [0.717, 1.165) is 30.0 Å². The number of hydrogen-bond donors (Lipinski definition) is 0. The maximum atomic E-state index is 5.92. The Bertz CT molecular complexity index is 363. The van der Waals surface area contributed by atoms with Gasteiger partial charge in [-0.2, -0.15) is 0 Å². The highest BCUT2D eigenvalue weighted by molar-refractivity contribution is 6.30. The molecule has 0 aromatic heterocycles. The lowest BCUT2D eigenvalue weighted by Gasteiger charge is -2.31. The molecular formula is C15H22ClNO. The van der Waals surface area contributed by atoms with Gasteiger partial charge in [0.25, 0.3) is 0 Å². The molecule has 0 saturated heterocycles. The second-order valence-electron chi connectivity index (χ2n) is 5.08. The Labute approximate surface area is 115 Å². The summed E-state index contributed by atoms with van der Waals surface area (Å²) in [7, 11) is 2.21. The summed E-state index contributed by atoms with van der Waals surface area (Å²) in [5, 5.41) is 0.730. The molecule has 2 rings (SSSR count). The molecule has 0 aliphatic heterocycles. The van der Waals surface area contributed by atoms with Gasteiger partial charge in [0.2, 0.25) is 0 Å². The SMILES string of the molecule is CN(CCOc1cccc(Cl)c1)C1CCCCC1. The van der Waals surface area contributed by atoms with E-state index in [4.69, 9.17) is 16.3 Å². The predicted molar refractivity (Wildman–Crippen MR) is 76.5 cm³/mol. The molecule has 0 bridgehead atoms. The molecule has 0 spiro atoms. The summed E-state index contributed by atoms with van der Waals surface area (Å²) in [6.07, 6.45) is 6.85. The third-order valence-corrected chi connectivity index (χ3v) is 3.94. The number of likely N-dealkylation sites (N-methyl/N-ethyl adjacent to an activating group) is 1. The number of nitrogens with zero attached hydrogens (tertiary/aromatic N) is 1. The van der Waals surface area contributed by atoms with Crippen molar-refractivity contribution in [3.63, 3.8) is 0 Å². The fourth-order valence-corrected chi connectivity index (χ4v) is 2.75. The number of hydrogen-bond acceptors (Lipinski definition) is 2. The van der Waals surface area contributed by atoms with Crippen molar-refractivity contribution in [3.05, 3.63) is 29.3 Å². The normalized spacial score (nSPS) is 17.1. The van der Waals surface area contributed by atoms with Gasteiger partial charge < -0.3 is 9.64 Å². The smallest absolute Gasteiger partial charge is 0.120 e. The summed E-state index contributed by atoms with van der Waals surface area (Å²) in [5.41, 5.74) is 0. The minimum absolute atomic E-state index is 0.730. The first-order valence-electron chi connectivity index (χ1n) is 6.84. The van der Waals surface area contributed by atoms with Gasteiger partial charge in [-0.1, -0.05) is 36.9 Å². The van der Waals surface area contributed by atoms with Crippen LogP contribution in [0.1, 0.15) is 32.1 Å². The molecule has 0 N–H and O–H groups in total. The topological polar surface area (TPSA) is 12.5 Å². The summed E-state index contributed by atoms with van der Waals surface area (Å²) >= 11 is 5.92. The molecule has 0 amide bonds. The molecule has 1 aromatic rings. The van der Waals surface area contributed by atoms with E-state index in [1.165, 1.54) is 32.1 Å². The highest BCUT2D eigenvalue weighted by Crippen LogP contribution is 2.21. The minimum Gasteiger partial charge on any atom is -0.492 e. The second-order valence-corrected chi connectivity index (χ2v) is 5.51. The van der Waals surface area contributed by atoms with E-state index in [0.29, 0.717) is 0 Å². The van der Waals surface area contributed by atoms with Crippen LogP contribution >= 0.6 is 11.6 Å². The van der Waals surface area contributed by atoms with Gasteiger partial charge in [0.15, 0.2) is 0 Å². The lowest BCUT2D eigenvalue weighted by Crippen LogP contribution is -2.36. The molecule has 2 nitrogen and oxygen atoms in total. The fraction of sp³-hybridized carbons (Fsp3) is 0.600. The fourth-order valence-electron chi connectivity index (χ4n) is 2.57. The molecule has 100 valence electrons. The number of rotatable bonds is 5. The zero-order valence-electron chi connectivity index (χ0n) is 11.1. The summed E-state index contributed by atoms with van der Waals surface area (Å²) in [6, 6.07) is 8.35. The quantitative estimate of drug-likeness (QED) is 0.800. The predicted octanol–water partition coefficient (Wildman–Crippen LogP) is 3.98. The Morgan fingerprint density at radius 1 is 1.28 bits per heavy atom. The zero-order valence-corrected chi connectivity index (χ0v) is 11.8. The zero-order chi connectivity index (χ0) is 12.8. The molecule has 1 fully saturated rings. The van der Waals surface area contributed by atoms with Crippen LogP contribution in [0, 0.1) is 0 Å². The van der Waals surface area contributed by atoms with E-state index in [1.54, 1.807) is 0 Å². The first-order chi connectivity index (χ1) is 8.75. The van der Waals surface area contributed by atoms with E-state index in [1.807, 2.05) is 24.3 Å². The lowest BCUT2D eigenvalue weighted by molar-refractivity contribution is 0.160. The van der Waals surface area contributed by atoms with Crippen molar-refractivity contribution in [2.75, 3.05) is 20.2 Å². The molecule has 1 aliphatic rings. The van der Waals surface area contributed by atoms with Crippen LogP contribution in [0.3, 0.4) is 0 Å². The highest BCUT2D eigenvalue weighted by atomic mass is 35.5. The van der Waals surface area contributed by atoms with Gasteiger partial charge in [-0.25, -0.2) is 0 Å². The van der Waals surface area contributed by atoms with Crippen molar-refractivity contribution < 1.29 is 4.74 Å². The molecule has 0 heterocycles. The van der Waals surface area contributed by atoms with Crippen LogP contribution in [-0.2, 0) is 0 Å². The summed E-state index contributed by atoms with van der Waals surface area (Å²) < 4.78 is 5.72. The van der Waals surface area contributed by atoms with Gasteiger partial charge in [0.05, 0.1) is 0 Å². The summed E-state index contributed by atoms with van der Waals surface area (Å²) in [6.45, 7) is 1.71. The standard InChI is InChI=1S/C15H22ClNO/c1-17(14-7-3-2-4-8-14)10-11-18-15-9-5-6-13(16)12-15/h5-6,9,12,14H,2-4,7-8,10-11H2,1H3. The molecular weight excluding hydrogens is 246 g/mol. The van der Waals surface area contributed by atoms with Crippen molar-refractivity contribution in [2.24, 2.45) is 0 Å². The van der Waals surface area contributed by atoms with Gasteiger partial charge in [-0.3, -0.25) is 0 Å². The first kappa shape index (κ1) is 13.7. The molecule has 0 radical (unpaired) electrons. The Kier molecular flexibility index (Phi) is 5.33. The van der Waals surface area contributed by atoms with Gasteiger partial charge in [0, 0.05) is 17.6 Å². The van der Waals surface area contributed by atoms with Gasteiger partial charge in [0.1, 0.15) is 12.4 Å². The molecule has 0 atom stereocenters. The van der Waals surface area contributed by atoms with Crippen molar-refractivity contribution in [2.45, 2.75) is 38.1 Å². The maximum absolute atomic E-state index is 5.92.